The van der Waals surface area contributed by atoms with Gasteiger partial charge in [-0.25, -0.2) is 0 Å². The van der Waals surface area contributed by atoms with Gasteiger partial charge >= 0.3 is 0 Å². The maximum absolute atomic E-state index is 12.8. The average molecular weight is 487 g/mol. The number of Topliss-reactive ketones (excluding diaryl/α,β-unsaturated/α-hetero) is 3. The van der Waals surface area contributed by atoms with Crippen molar-refractivity contribution >= 4 is 55.1 Å². The quantitative estimate of drug-likeness (QED) is 0.510. The van der Waals surface area contributed by atoms with E-state index in [1.165, 1.54) is 0 Å². The van der Waals surface area contributed by atoms with E-state index in [-0.39, 0.29) is 48.5 Å². The maximum Gasteiger partial charge on any atom is 0.220 e. The van der Waals surface area contributed by atoms with Crippen LogP contribution in [0.25, 0.3) is 0 Å². The van der Waals surface area contributed by atoms with Crippen LogP contribution in [0.4, 0.5) is 0 Å². The maximum atomic E-state index is 12.8. The Balaban J connectivity index is 1.82. The monoisotopic (exact) mass is 485 g/mol. The highest BCUT2D eigenvalue weighted by molar-refractivity contribution is 9.11. The number of ketones is 3. The van der Waals surface area contributed by atoms with Crippen molar-refractivity contribution in [2.75, 3.05) is 6.61 Å². The summed E-state index contributed by atoms with van der Waals surface area (Å²) in [4.78, 5) is 48.2. The summed E-state index contributed by atoms with van der Waals surface area (Å²) in [7, 11) is 0. The molecule has 1 saturated carbocycles. The predicted molar refractivity (Wildman–Crippen MR) is 100 cm³/mol. The highest BCUT2D eigenvalue weighted by atomic mass is 79.9. The minimum Gasteiger partial charge on any atom is -0.489 e. The molecular formula is C18H17Br2NO5. The lowest BCUT2D eigenvalue weighted by atomic mass is 9.81. The van der Waals surface area contributed by atoms with Crippen molar-refractivity contribution in [3.8, 4) is 5.75 Å². The van der Waals surface area contributed by atoms with Crippen LogP contribution in [-0.2, 0) is 14.4 Å². The minimum atomic E-state index is -1.22. The van der Waals surface area contributed by atoms with Crippen LogP contribution in [0.2, 0.25) is 0 Å². The molecule has 1 aliphatic heterocycles. The van der Waals surface area contributed by atoms with E-state index < -0.39 is 11.7 Å². The van der Waals surface area contributed by atoms with E-state index in [2.05, 4.69) is 37.2 Å². The molecule has 0 spiro atoms. The van der Waals surface area contributed by atoms with Gasteiger partial charge in [-0.2, -0.15) is 0 Å². The first-order valence-electron chi connectivity index (χ1n) is 8.38. The predicted octanol–water partition coefficient (Wildman–Crippen LogP) is 2.99. The lowest BCUT2D eigenvalue weighted by Crippen LogP contribution is -2.35. The molecule has 2 fully saturated rings. The molecule has 1 N–H and O–H groups in total. The first-order valence-corrected chi connectivity index (χ1v) is 9.97. The Labute approximate surface area is 167 Å². The average Bonchev–Trinajstić information content (AvgIpc) is 3.00. The van der Waals surface area contributed by atoms with E-state index in [1.807, 2.05) is 0 Å². The van der Waals surface area contributed by atoms with E-state index in [0.717, 1.165) is 0 Å². The Bertz CT molecular complexity index is 776. The van der Waals surface area contributed by atoms with Crippen molar-refractivity contribution in [1.82, 2.24) is 5.32 Å². The zero-order valence-corrected chi connectivity index (χ0v) is 17.0. The molecule has 0 radical (unpaired) electrons. The number of ether oxygens (including phenoxy) is 1. The molecule has 1 aromatic rings. The van der Waals surface area contributed by atoms with Gasteiger partial charge < -0.3 is 10.1 Å². The fourth-order valence-electron chi connectivity index (χ4n) is 3.19. The molecule has 0 bridgehead atoms. The molecule has 0 aromatic heterocycles. The zero-order chi connectivity index (χ0) is 18.8. The molecule has 1 saturated heterocycles. The largest absolute Gasteiger partial charge is 0.489 e. The third kappa shape index (κ3) is 3.91. The van der Waals surface area contributed by atoms with Gasteiger partial charge in [0.1, 0.15) is 18.3 Å². The normalized spacial score (nSPS) is 21.0. The van der Waals surface area contributed by atoms with E-state index in [1.54, 1.807) is 12.1 Å². The van der Waals surface area contributed by atoms with Gasteiger partial charge in [0.2, 0.25) is 5.91 Å². The van der Waals surface area contributed by atoms with E-state index in [4.69, 9.17) is 4.74 Å². The zero-order valence-electron chi connectivity index (χ0n) is 13.8. The van der Waals surface area contributed by atoms with Crippen molar-refractivity contribution in [1.29, 1.82) is 0 Å². The molecule has 1 aromatic carbocycles. The van der Waals surface area contributed by atoms with Crippen molar-refractivity contribution in [3.63, 3.8) is 0 Å². The molecule has 1 heterocycles. The van der Waals surface area contributed by atoms with Gasteiger partial charge in [0.25, 0.3) is 0 Å². The second-order valence-corrected chi connectivity index (χ2v) is 8.08. The highest BCUT2D eigenvalue weighted by Gasteiger charge is 2.37. The molecule has 1 atom stereocenters. The second-order valence-electron chi connectivity index (χ2n) is 6.44. The number of carbonyl (C=O) groups excluding carboxylic acids is 4. The number of amides is 1. The summed E-state index contributed by atoms with van der Waals surface area (Å²) in [5, 5.41) is 2.81. The first kappa shape index (κ1) is 19.2. The van der Waals surface area contributed by atoms with Crippen LogP contribution < -0.4 is 10.1 Å². The van der Waals surface area contributed by atoms with E-state index >= 15 is 0 Å². The van der Waals surface area contributed by atoms with Crippen LogP contribution in [0, 0.1) is 5.92 Å². The van der Waals surface area contributed by atoms with Crippen LogP contribution in [-0.4, -0.2) is 35.9 Å². The summed E-state index contributed by atoms with van der Waals surface area (Å²) in [5.41, 5.74) is 0.243. The number of rotatable bonds is 5. The number of nitrogens with one attached hydrogen (secondary N) is 1. The Hall–Kier alpha value is -1.54. The summed E-state index contributed by atoms with van der Waals surface area (Å²) in [6.45, 7) is 0.266. The van der Waals surface area contributed by atoms with Gasteiger partial charge in [0.15, 0.2) is 17.3 Å². The Morgan fingerprint density at radius 2 is 1.81 bits per heavy atom. The van der Waals surface area contributed by atoms with Gasteiger partial charge in [-0.3, -0.25) is 19.2 Å². The van der Waals surface area contributed by atoms with E-state index in [0.29, 0.717) is 34.0 Å². The van der Waals surface area contributed by atoms with Gasteiger partial charge in [-0.05, 0) is 56.8 Å². The minimum absolute atomic E-state index is 0.00465. The molecule has 3 rings (SSSR count). The van der Waals surface area contributed by atoms with Crippen molar-refractivity contribution < 1.29 is 23.9 Å². The van der Waals surface area contributed by atoms with Gasteiger partial charge in [0, 0.05) is 24.8 Å². The Morgan fingerprint density at radius 3 is 2.42 bits per heavy atom. The molecule has 6 nitrogen and oxygen atoms in total. The molecule has 1 aliphatic carbocycles. The summed E-state index contributed by atoms with van der Waals surface area (Å²) >= 11 is 6.76. The van der Waals surface area contributed by atoms with Crippen molar-refractivity contribution in [3.05, 3.63) is 26.6 Å². The molecular weight excluding hydrogens is 470 g/mol. The first-order chi connectivity index (χ1) is 12.4. The standard InChI is InChI=1S/C18H17Br2NO5/c19-11-6-5-10(17(25)15-12(22)2-1-3-13(15)23)16(20)18(11)26-8-9-4-7-14(24)21-9/h5-6,9,15H,1-4,7-8H2,(H,21,24)/t9-/m1/s1. The van der Waals surface area contributed by atoms with Crippen molar-refractivity contribution in [2.45, 2.75) is 38.1 Å². The summed E-state index contributed by atoms with van der Waals surface area (Å²) < 4.78 is 6.83. The van der Waals surface area contributed by atoms with Gasteiger partial charge in [0.05, 0.1) is 15.0 Å². The third-order valence-electron chi connectivity index (χ3n) is 4.58. The number of halogens is 2. The summed E-state index contributed by atoms with van der Waals surface area (Å²) in [6, 6.07) is 3.14. The molecule has 0 unspecified atom stereocenters. The van der Waals surface area contributed by atoms with Crippen LogP contribution in [0.1, 0.15) is 42.5 Å². The van der Waals surface area contributed by atoms with Crippen LogP contribution in [0.3, 0.4) is 0 Å². The molecule has 1 amide bonds. The fourth-order valence-corrected chi connectivity index (χ4v) is 4.56. The fraction of sp³-hybridized carbons (Fsp3) is 0.444. The molecule has 2 aliphatic rings. The lowest BCUT2D eigenvalue weighted by molar-refractivity contribution is -0.133. The topological polar surface area (TPSA) is 89.5 Å². The van der Waals surface area contributed by atoms with Crippen LogP contribution in [0.15, 0.2) is 21.1 Å². The third-order valence-corrected chi connectivity index (χ3v) is 5.99. The SMILES string of the molecule is O=C1CC[C@H](COc2c(Br)ccc(C(=O)C3C(=O)CCCC3=O)c2Br)N1. The highest BCUT2D eigenvalue weighted by Crippen LogP contribution is 2.38. The summed E-state index contributed by atoms with van der Waals surface area (Å²) in [6.07, 6.45) is 2.17. The number of carbonyl (C=O) groups is 4. The Kier molecular flexibility index (Phi) is 5.92. The summed E-state index contributed by atoms with van der Waals surface area (Å²) in [5.74, 6) is -1.96. The molecule has 138 valence electrons. The number of benzene rings is 1. The Morgan fingerprint density at radius 1 is 1.12 bits per heavy atom. The number of hydrogen-bond donors (Lipinski definition) is 1. The van der Waals surface area contributed by atoms with Gasteiger partial charge in [-0.15, -0.1) is 0 Å². The molecule has 26 heavy (non-hydrogen) atoms. The van der Waals surface area contributed by atoms with E-state index in [9.17, 15) is 19.2 Å². The smallest absolute Gasteiger partial charge is 0.220 e. The lowest BCUT2D eigenvalue weighted by Gasteiger charge is -2.20. The molecule has 8 heteroatoms. The number of hydrogen-bond acceptors (Lipinski definition) is 5. The second kappa shape index (κ2) is 8.00. The van der Waals surface area contributed by atoms with Gasteiger partial charge in [-0.1, -0.05) is 0 Å². The van der Waals surface area contributed by atoms with Crippen LogP contribution in [0.5, 0.6) is 5.75 Å². The van der Waals surface area contributed by atoms with Crippen LogP contribution >= 0.6 is 31.9 Å². The van der Waals surface area contributed by atoms with Crippen molar-refractivity contribution in [2.24, 2.45) is 5.92 Å².